The topological polar surface area (TPSA) is 15.3 Å². The van der Waals surface area contributed by atoms with E-state index in [1.165, 1.54) is 45.3 Å². The van der Waals surface area contributed by atoms with Gasteiger partial charge < -0.3 is 5.32 Å². The molecule has 1 saturated heterocycles. The minimum absolute atomic E-state index is 0.440. The maximum Gasteiger partial charge on any atom is 0.0223 e. The predicted molar refractivity (Wildman–Crippen MR) is 65.1 cm³/mol. The highest BCUT2D eigenvalue weighted by Gasteiger charge is 2.38. The Morgan fingerprint density at radius 3 is 2.47 bits per heavy atom. The van der Waals surface area contributed by atoms with Crippen molar-refractivity contribution < 1.29 is 0 Å². The minimum atomic E-state index is 0.440. The first-order valence-electron chi connectivity index (χ1n) is 6.68. The molecule has 0 aromatic rings. The van der Waals surface area contributed by atoms with Crippen LogP contribution in [-0.4, -0.2) is 36.1 Å². The van der Waals surface area contributed by atoms with E-state index in [1.807, 2.05) is 0 Å². The van der Waals surface area contributed by atoms with E-state index < -0.39 is 0 Å². The Balaban J connectivity index is 1.95. The zero-order valence-corrected chi connectivity index (χ0v) is 10.6. The average molecular weight is 210 g/mol. The third kappa shape index (κ3) is 2.36. The molecule has 2 fully saturated rings. The summed E-state index contributed by atoms with van der Waals surface area (Å²) in [6.07, 6.45) is 5.47. The summed E-state index contributed by atoms with van der Waals surface area (Å²) in [6, 6.07) is 0.788. The van der Waals surface area contributed by atoms with Crippen LogP contribution < -0.4 is 5.32 Å². The van der Waals surface area contributed by atoms with E-state index in [0.717, 1.165) is 12.0 Å². The average Bonchev–Trinajstić information content (AvgIpc) is 3.12. The van der Waals surface area contributed by atoms with Gasteiger partial charge in [-0.1, -0.05) is 13.8 Å². The SMILES string of the molecule is CCC(C)(CC)N1CCNC(C2CC2)C1. The molecule has 1 atom stereocenters. The molecule has 1 heterocycles. The molecule has 1 saturated carbocycles. The highest BCUT2D eigenvalue weighted by molar-refractivity contribution is 4.95. The lowest BCUT2D eigenvalue weighted by atomic mass is 9.91. The van der Waals surface area contributed by atoms with Crippen LogP contribution in [0.3, 0.4) is 0 Å². The summed E-state index contributed by atoms with van der Waals surface area (Å²) in [7, 11) is 0. The molecule has 0 aromatic heterocycles. The molecule has 2 nitrogen and oxygen atoms in total. The Labute approximate surface area is 94.4 Å². The van der Waals surface area contributed by atoms with Crippen LogP contribution in [0.15, 0.2) is 0 Å². The molecular weight excluding hydrogens is 184 g/mol. The second kappa shape index (κ2) is 4.42. The summed E-state index contributed by atoms with van der Waals surface area (Å²) in [5, 5.41) is 3.69. The van der Waals surface area contributed by atoms with Gasteiger partial charge in [-0.3, -0.25) is 4.90 Å². The quantitative estimate of drug-likeness (QED) is 0.765. The maximum atomic E-state index is 3.69. The molecule has 2 rings (SSSR count). The van der Waals surface area contributed by atoms with Crippen molar-refractivity contribution in [1.29, 1.82) is 0 Å². The van der Waals surface area contributed by atoms with Gasteiger partial charge in [0.25, 0.3) is 0 Å². The number of nitrogens with one attached hydrogen (secondary N) is 1. The molecule has 0 amide bonds. The Morgan fingerprint density at radius 1 is 1.27 bits per heavy atom. The first-order chi connectivity index (χ1) is 7.19. The summed E-state index contributed by atoms with van der Waals surface area (Å²) in [5.74, 6) is 0.991. The fraction of sp³-hybridized carbons (Fsp3) is 1.00. The van der Waals surface area contributed by atoms with Crippen LogP contribution in [0.25, 0.3) is 0 Å². The molecule has 2 aliphatic rings. The van der Waals surface area contributed by atoms with Crippen LogP contribution in [0.1, 0.15) is 46.5 Å². The van der Waals surface area contributed by atoms with E-state index in [1.54, 1.807) is 0 Å². The normalized spacial score (nSPS) is 29.4. The van der Waals surface area contributed by atoms with E-state index in [0.29, 0.717) is 5.54 Å². The first kappa shape index (κ1) is 11.4. The van der Waals surface area contributed by atoms with Gasteiger partial charge in [-0.2, -0.15) is 0 Å². The lowest BCUT2D eigenvalue weighted by molar-refractivity contribution is 0.0579. The summed E-state index contributed by atoms with van der Waals surface area (Å²) in [4.78, 5) is 2.73. The third-order valence-corrected chi connectivity index (χ3v) is 4.68. The van der Waals surface area contributed by atoms with Gasteiger partial charge in [-0.15, -0.1) is 0 Å². The zero-order chi connectivity index (χ0) is 10.9. The fourth-order valence-corrected chi connectivity index (χ4v) is 2.78. The van der Waals surface area contributed by atoms with Crippen LogP contribution in [-0.2, 0) is 0 Å². The molecule has 0 aromatic carbocycles. The number of piperazine rings is 1. The standard InChI is InChI=1S/C13H26N2/c1-4-13(3,5-2)15-9-8-14-12(10-15)11-6-7-11/h11-12,14H,4-10H2,1-3H3. The van der Waals surface area contributed by atoms with Crippen molar-refractivity contribution in [3.05, 3.63) is 0 Å². The largest absolute Gasteiger partial charge is 0.311 e. The minimum Gasteiger partial charge on any atom is -0.311 e. The maximum absolute atomic E-state index is 3.69. The van der Waals surface area contributed by atoms with Crippen molar-refractivity contribution >= 4 is 0 Å². The molecule has 1 aliphatic heterocycles. The van der Waals surface area contributed by atoms with Crippen molar-refractivity contribution in [2.75, 3.05) is 19.6 Å². The van der Waals surface area contributed by atoms with Crippen LogP contribution in [0.4, 0.5) is 0 Å². The van der Waals surface area contributed by atoms with E-state index in [9.17, 15) is 0 Å². The number of hydrogen-bond acceptors (Lipinski definition) is 2. The van der Waals surface area contributed by atoms with Gasteiger partial charge >= 0.3 is 0 Å². The molecule has 1 unspecified atom stereocenters. The molecular formula is C13H26N2. The number of rotatable bonds is 4. The van der Waals surface area contributed by atoms with Gasteiger partial charge in [-0.25, -0.2) is 0 Å². The van der Waals surface area contributed by atoms with E-state index in [-0.39, 0.29) is 0 Å². The molecule has 2 heteroatoms. The summed E-state index contributed by atoms with van der Waals surface area (Å²) in [6.45, 7) is 10.8. The smallest absolute Gasteiger partial charge is 0.0223 e. The van der Waals surface area contributed by atoms with Crippen LogP contribution in [0, 0.1) is 5.92 Å². The predicted octanol–water partition coefficient (Wildman–Crippen LogP) is 2.25. The van der Waals surface area contributed by atoms with Crippen molar-refractivity contribution in [3.8, 4) is 0 Å². The van der Waals surface area contributed by atoms with Crippen molar-refractivity contribution in [1.82, 2.24) is 10.2 Å². The second-order valence-corrected chi connectivity index (χ2v) is 5.55. The summed E-state index contributed by atoms with van der Waals surface area (Å²) >= 11 is 0. The van der Waals surface area contributed by atoms with E-state index in [4.69, 9.17) is 0 Å². The summed E-state index contributed by atoms with van der Waals surface area (Å²) in [5.41, 5.74) is 0.440. The Morgan fingerprint density at radius 2 is 1.93 bits per heavy atom. The molecule has 15 heavy (non-hydrogen) atoms. The zero-order valence-electron chi connectivity index (χ0n) is 10.6. The highest BCUT2D eigenvalue weighted by Crippen LogP contribution is 2.35. The molecule has 0 spiro atoms. The fourth-order valence-electron chi connectivity index (χ4n) is 2.78. The molecule has 0 radical (unpaired) electrons. The second-order valence-electron chi connectivity index (χ2n) is 5.55. The van der Waals surface area contributed by atoms with Gasteiger partial charge in [0, 0.05) is 31.2 Å². The number of nitrogens with zero attached hydrogens (tertiary/aromatic N) is 1. The molecule has 1 aliphatic carbocycles. The molecule has 1 N–H and O–H groups in total. The van der Waals surface area contributed by atoms with Crippen molar-refractivity contribution in [2.24, 2.45) is 5.92 Å². The van der Waals surface area contributed by atoms with Gasteiger partial charge in [0.15, 0.2) is 0 Å². The van der Waals surface area contributed by atoms with Gasteiger partial charge in [0.2, 0.25) is 0 Å². The van der Waals surface area contributed by atoms with Gasteiger partial charge in [-0.05, 0) is 38.5 Å². The Bertz CT molecular complexity index is 207. The Hall–Kier alpha value is -0.0800. The van der Waals surface area contributed by atoms with Gasteiger partial charge in [0.05, 0.1) is 0 Å². The monoisotopic (exact) mass is 210 g/mol. The third-order valence-electron chi connectivity index (χ3n) is 4.68. The lowest BCUT2D eigenvalue weighted by Crippen LogP contribution is -2.58. The van der Waals surface area contributed by atoms with Crippen molar-refractivity contribution in [2.45, 2.75) is 58.0 Å². The van der Waals surface area contributed by atoms with E-state index in [2.05, 4.69) is 31.0 Å². The van der Waals surface area contributed by atoms with Crippen LogP contribution in [0.2, 0.25) is 0 Å². The van der Waals surface area contributed by atoms with E-state index >= 15 is 0 Å². The summed E-state index contributed by atoms with van der Waals surface area (Å²) < 4.78 is 0. The lowest BCUT2D eigenvalue weighted by Gasteiger charge is -2.45. The first-order valence-corrected chi connectivity index (χ1v) is 6.68. The molecule has 88 valence electrons. The molecule has 0 bridgehead atoms. The van der Waals surface area contributed by atoms with Gasteiger partial charge in [0.1, 0.15) is 0 Å². The van der Waals surface area contributed by atoms with Crippen LogP contribution in [0.5, 0.6) is 0 Å². The Kier molecular flexibility index (Phi) is 3.36. The highest BCUT2D eigenvalue weighted by atomic mass is 15.3. The number of hydrogen-bond donors (Lipinski definition) is 1. The van der Waals surface area contributed by atoms with Crippen LogP contribution >= 0.6 is 0 Å². The van der Waals surface area contributed by atoms with Crippen molar-refractivity contribution in [3.63, 3.8) is 0 Å².